The van der Waals surface area contributed by atoms with E-state index in [4.69, 9.17) is 14.7 Å². The molecule has 5 rings (SSSR count). The Kier molecular flexibility index (Phi) is 9.65. The molecule has 0 saturated carbocycles. The topological polar surface area (TPSA) is 85.2 Å². The lowest BCUT2D eigenvalue weighted by atomic mass is 9.85. The number of nitrogens with zero attached hydrogens (tertiary/aromatic N) is 1. The Labute approximate surface area is 273 Å². The molecule has 0 spiro atoms. The molecule has 260 valence electrons. The number of rotatable bonds is 10. The summed E-state index contributed by atoms with van der Waals surface area (Å²) in [6.07, 6.45) is -10.0. The predicted octanol–water partition coefficient (Wildman–Crippen LogP) is 8.83. The number of alkyl halides is 9. The van der Waals surface area contributed by atoms with Crippen molar-refractivity contribution in [1.82, 2.24) is 0 Å². The second kappa shape index (κ2) is 13.3. The maximum atomic E-state index is 14.8. The van der Waals surface area contributed by atoms with E-state index in [0.717, 1.165) is 30.3 Å². The summed E-state index contributed by atoms with van der Waals surface area (Å²) in [5.41, 5.74) is -8.13. The van der Waals surface area contributed by atoms with E-state index in [-0.39, 0.29) is 54.2 Å². The Morgan fingerprint density at radius 1 is 0.755 bits per heavy atom. The summed E-state index contributed by atoms with van der Waals surface area (Å²) >= 11 is 0. The van der Waals surface area contributed by atoms with Gasteiger partial charge in [-0.3, -0.25) is 0 Å². The van der Waals surface area contributed by atoms with Crippen LogP contribution < -0.4 is 9.47 Å². The van der Waals surface area contributed by atoms with E-state index in [1.807, 2.05) is 0 Å². The molecule has 1 atom stereocenters. The summed E-state index contributed by atoms with van der Waals surface area (Å²) in [6.45, 7) is 0.0275. The Morgan fingerprint density at radius 3 is 1.86 bits per heavy atom. The van der Waals surface area contributed by atoms with Crippen LogP contribution in [-0.2, 0) is 16.3 Å². The Morgan fingerprint density at radius 2 is 1.33 bits per heavy atom. The summed E-state index contributed by atoms with van der Waals surface area (Å²) < 4.78 is 161. The summed E-state index contributed by atoms with van der Waals surface area (Å²) in [5.74, 6) is -2.42. The van der Waals surface area contributed by atoms with Crippen molar-refractivity contribution in [2.45, 2.75) is 41.5 Å². The molecule has 1 aliphatic carbocycles. The van der Waals surface area contributed by atoms with Crippen LogP contribution in [0.15, 0.2) is 95.0 Å². The monoisotopic (exact) mass is 717 g/mol. The fourth-order valence-corrected chi connectivity index (χ4v) is 6.62. The minimum Gasteiger partial charge on any atom is -0.493 e. The van der Waals surface area contributed by atoms with Gasteiger partial charge in [0.25, 0.3) is 9.84 Å². The minimum atomic E-state index is -6.19. The van der Waals surface area contributed by atoms with Crippen molar-refractivity contribution in [2.75, 3.05) is 13.2 Å². The van der Waals surface area contributed by atoms with Gasteiger partial charge in [-0.2, -0.15) is 39.5 Å². The Balaban J connectivity index is 1.33. The van der Waals surface area contributed by atoms with E-state index in [2.05, 4.69) is 5.16 Å². The zero-order valence-corrected chi connectivity index (χ0v) is 25.6. The molecular weight excluding hydrogens is 693 g/mol. The third-order valence-corrected chi connectivity index (χ3v) is 9.28. The highest BCUT2D eigenvalue weighted by molar-refractivity contribution is 7.92. The van der Waals surface area contributed by atoms with E-state index in [0.29, 0.717) is 17.2 Å². The van der Waals surface area contributed by atoms with Crippen LogP contribution >= 0.6 is 0 Å². The van der Waals surface area contributed by atoms with Gasteiger partial charge in [-0.25, -0.2) is 8.42 Å². The smallest absolute Gasteiger partial charge is 0.493 e. The number of halogens is 9. The zero-order valence-electron chi connectivity index (χ0n) is 24.8. The fraction of sp³-hybridized carbons (Fsp3) is 0.242. The second-order valence-electron chi connectivity index (χ2n) is 10.9. The van der Waals surface area contributed by atoms with Crippen molar-refractivity contribution in [3.63, 3.8) is 0 Å². The number of oxime groups is 1. The lowest BCUT2D eigenvalue weighted by Gasteiger charge is -2.27. The summed E-state index contributed by atoms with van der Waals surface area (Å²) in [5, 5.41) is 10.9. The van der Waals surface area contributed by atoms with Gasteiger partial charge in [-0.15, -0.1) is 0 Å². The molecule has 0 aromatic heterocycles. The van der Waals surface area contributed by atoms with Gasteiger partial charge in [-0.05, 0) is 82.3 Å². The number of sulfone groups is 1. The first kappa shape index (κ1) is 35.6. The number of hydrogen-bond donors (Lipinski definition) is 1. The minimum absolute atomic E-state index is 0.00600. The van der Waals surface area contributed by atoms with E-state index in [9.17, 15) is 47.9 Å². The average Bonchev–Trinajstić information content (AvgIpc) is 3.40. The molecule has 16 heteroatoms. The number of ether oxygens (including phenoxy) is 2. The van der Waals surface area contributed by atoms with Crippen molar-refractivity contribution < 1.29 is 62.6 Å². The van der Waals surface area contributed by atoms with Crippen LogP contribution in [0.5, 0.6) is 11.5 Å². The number of hydrogen-bond acceptors (Lipinski definition) is 6. The summed E-state index contributed by atoms with van der Waals surface area (Å²) in [6, 6.07) is 17.0. The lowest BCUT2D eigenvalue weighted by Crippen LogP contribution is -2.29. The van der Waals surface area contributed by atoms with Crippen molar-refractivity contribution in [2.24, 2.45) is 5.16 Å². The van der Waals surface area contributed by atoms with E-state index < -0.39 is 55.4 Å². The summed E-state index contributed by atoms with van der Waals surface area (Å²) in [7, 11) is -6.19. The average molecular weight is 718 g/mol. The Bertz CT molecular complexity index is 1950. The van der Waals surface area contributed by atoms with Gasteiger partial charge >= 0.3 is 17.9 Å². The number of fused-ring (bicyclic) bond motifs is 3. The first-order valence-electron chi connectivity index (χ1n) is 14.3. The molecule has 1 aliphatic rings. The molecule has 1 unspecified atom stereocenters. The van der Waals surface area contributed by atoms with E-state index in [1.54, 1.807) is 24.3 Å². The molecular formula is C33H24F9NO5S. The quantitative estimate of drug-likeness (QED) is 0.0513. The van der Waals surface area contributed by atoms with Gasteiger partial charge in [-0.1, -0.05) is 47.6 Å². The molecule has 4 aromatic rings. The highest BCUT2D eigenvalue weighted by Crippen LogP contribution is 2.50. The van der Waals surface area contributed by atoms with Crippen molar-refractivity contribution in [3.8, 4) is 22.6 Å². The molecule has 0 bridgehead atoms. The molecule has 0 heterocycles. The first-order valence-corrected chi connectivity index (χ1v) is 15.8. The van der Waals surface area contributed by atoms with Crippen LogP contribution in [-0.4, -0.2) is 50.4 Å². The van der Waals surface area contributed by atoms with E-state index in [1.165, 1.54) is 24.3 Å². The molecule has 49 heavy (non-hydrogen) atoms. The van der Waals surface area contributed by atoms with Crippen LogP contribution in [0.4, 0.5) is 39.5 Å². The van der Waals surface area contributed by atoms with Crippen LogP contribution in [0.1, 0.15) is 40.2 Å². The maximum Gasteiger partial charge on any atom is 0.501 e. The van der Waals surface area contributed by atoms with Gasteiger partial charge in [0.2, 0.25) is 0 Å². The van der Waals surface area contributed by atoms with Crippen LogP contribution in [0, 0.1) is 0 Å². The highest BCUT2D eigenvalue weighted by Gasteiger charge is 2.52. The second-order valence-corrected chi connectivity index (χ2v) is 12.8. The van der Waals surface area contributed by atoms with Crippen molar-refractivity contribution in [1.29, 1.82) is 0 Å². The third kappa shape index (κ3) is 7.33. The van der Waals surface area contributed by atoms with Gasteiger partial charge in [0.1, 0.15) is 17.4 Å². The standard InChI is InChI=1S/C33H24F9NO5S/c34-31(35,36)29(28-26-18-21-4-1-2-5-24(21)25(26)14-15-27(28)49(45,46)33(40,41)42)19-6-10-22(11-7-19)47-16-3-17-48-23-12-8-20(9-13-23)30(43-44)32(37,38)39/h1-2,4-15,29,44H,3,16-18H2. The molecule has 4 aromatic carbocycles. The van der Waals surface area contributed by atoms with Crippen LogP contribution in [0.2, 0.25) is 0 Å². The lowest BCUT2D eigenvalue weighted by molar-refractivity contribution is -0.141. The third-order valence-electron chi connectivity index (χ3n) is 7.74. The molecule has 0 fully saturated rings. The molecule has 0 radical (unpaired) electrons. The van der Waals surface area contributed by atoms with Crippen LogP contribution in [0.3, 0.4) is 0 Å². The molecule has 6 nitrogen and oxygen atoms in total. The Hall–Kier alpha value is -4.73. The number of benzene rings is 4. The van der Waals surface area contributed by atoms with Crippen LogP contribution in [0.25, 0.3) is 11.1 Å². The normalized spacial score (nSPS) is 14.3. The maximum absolute atomic E-state index is 14.8. The van der Waals surface area contributed by atoms with Gasteiger partial charge in [0.05, 0.1) is 18.1 Å². The SMILES string of the molecule is O=S(=O)(c1ccc2c(c1C(c1ccc(OCCCOc3ccc(C(=NO)C(F)(F)F)cc3)cc1)C(F)(F)F)Cc1ccccc1-2)C(F)(F)F. The summed E-state index contributed by atoms with van der Waals surface area (Å²) in [4.78, 5) is -1.47. The van der Waals surface area contributed by atoms with E-state index >= 15 is 0 Å². The molecule has 1 N–H and O–H groups in total. The fourth-order valence-electron chi connectivity index (χ4n) is 5.59. The molecule has 0 aliphatic heterocycles. The molecule has 0 saturated heterocycles. The predicted molar refractivity (Wildman–Crippen MR) is 159 cm³/mol. The highest BCUT2D eigenvalue weighted by atomic mass is 32.2. The zero-order chi connectivity index (χ0) is 35.8. The molecule has 0 amide bonds. The van der Waals surface area contributed by atoms with Crippen molar-refractivity contribution in [3.05, 3.63) is 113 Å². The largest absolute Gasteiger partial charge is 0.501 e. The van der Waals surface area contributed by atoms with Gasteiger partial charge in [0.15, 0.2) is 5.71 Å². The first-order chi connectivity index (χ1) is 22.9. The van der Waals surface area contributed by atoms with Gasteiger partial charge < -0.3 is 14.7 Å². The van der Waals surface area contributed by atoms with Gasteiger partial charge in [0, 0.05) is 12.0 Å². The van der Waals surface area contributed by atoms with Crippen molar-refractivity contribution >= 4 is 15.5 Å².